The van der Waals surface area contributed by atoms with E-state index in [0.29, 0.717) is 6.54 Å². The maximum Gasteiger partial charge on any atom is 0.419 e. The van der Waals surface area contributed by atoms with Crippen LogP contribution in [0.2, 0.25) is 0 Å². The van der Waals surface area contributed by atoms with E-state index in [9.17, 15) is 13.2 Å². The smallest absolute Gasteiger partial charge is 0.419 e. The Morgan fingerprint density at radius 2 is 1.67 bits per heavy atom. The third-order valence-electron chi connectivity index (χ3n) is 4.60. The largest absolute Gasteiger partial charge is 0.492 e. The molecule has 1 aliphatic rings. The highest BCUT2D eigenvalue weighted by molar-refractivity contribution is 14.1. The van der Waals surface area contributed by atoms with E-state index in [1.54, 1.807) is 6.07 Å². The number of rotatable bonds is 5. The van der Waals surface area contributed by atoms with Crippen molar-refractivity contribution >= 4 is 28.7 Å². The van der Waals surface area contributed by atoms with Crippen LogP contribution in [0.4, 0.5) is 13.2 Å². The van der Waals surface area contributed by atoms with E-state index in [4.69, 9.17) is 4.74 Å². The Kier molecular flexibility index (Phi) is 6.81. The first-order chi connectivity index (χ1) is 12.9. The van der Waals surface area contributed by atoms with Gasteiger partial charge in [-0.2, -0.15) is 13.2 Å². The minimum Gasteiger partial charge on any atom is -0.492 e. The molecule has 1 aliphatic heterocycles. The maximum atomic E-state index is 13.0. The molecule has 2 aromatic rings. The van der Waals surface area contributed by atoms with Crippen LogP contribution in [0.5, 0.6) is 5.75 Å². The zero-order chi connectivity index (χ0) is 19.3. The number of nitrogens with zero attached hydrogens (tertiary/aromatic N) is 1. The number of halogens is 4. The Hall–Kier alpha value is -1.54. The molecule has 1 saturated heterocycles. The van der Waals surface area contributed by atoms with Crippen LogP contribution in [0.3, 0.4) is 0 Å². The van der Waals surface area contributed by atoms with Gasteiger partial charge < -0.3 is 4.74 Å². The molecule has 0 N–H and O–H groups in total. The van der Waals surface area contributed by atoms with Gasteiger partial charge in [0.1, 0.15) is 12.4 Å². The molecule has 0 amide bonds. The van der Waals surface area contributed by atoms with E-state index in [1.165, 1.54) is 26.8 Å². The predicted octanol–water partition coefficient (Wildman–Crippen LogP) is 5.87. The summed E-state index contributed by atoms with van der Waals surface area (Å²) in [4.78, 5) is 2.24. The van der Waals surface area contributed by atoms with Crippen LogP contribution in [-0.2, 0) is 6.18 Å². The number of para-hydroxylation sites is 1. The van der Waals surface area contributed by atoms with Crippen molar-refractivity contribution in [3.05, 3.63) is 68.8 Å². The lowest BCUT2D eigenvalue weighted by Gasteiger charge is -2.28. The second-order valence-corrected chi connectivity index (χ2v) is 7.78. The summed E-state index contributed by atoms with van der Waals surface area (Å²) in [6.45, 7) is 2.69. The first kappa shape index (κ1) is 20.2. The molecular weight excluding hydrogens is 466 g/mol. The van der Waals surface area contributed by atoms with Crippen molar-refractivity contribution in [1.29, 1.82) is 0 Å². The molecule has 0 atom stereocenters. The van der Waals surface area contributed by atoms with E-state index in [0.717, 1.165) is 32.0 Å². The summed E-state index contributed by atoms with van der Waals surface area (Å²) >= 11 is 2.29. The molecular formula is C21H21F3INO. The Balaban J connectivity index is 1.47. The summed E-state index contributed by atoms with van der Waals surface area (Å²) in [6.07, 6.45) is -0.198. The van der Waals surface area contributed by atoms with Gasteiger partial charge in [-0.15, -0.1) is 0 Å². The molecule has 6 heteroatoms. The summed E-state index contributed by atoms with van der Waals surface area (Å²) in [5, 5.41) is 0. The highest BCUT2D eigenvalue weighted by Crippen LogP contribution is 2.35. The molecule has 0 saturated carbocycles. The van der Waals surface area contributed by atoms with Crippen LogP contribution >= 0.6 is 22.6 Å². The Morgan fingerprint density at radius 3 is 2.33 bits per heavy atom. The van der Waals surface area contributed by atoms with Gasteiger partial charge in [0.25, 0.3) is 0 Å². The summed E-state index contributed by atoms with van der Waals surface area (Å²) in [5.41, 5.74) is 1.91. The van der Waals surface area contributed by atoms with Crippen LogP contribution in [0.1, 0.15) is 24.0 Å². The number of likely N-dealkylation sites (tertiary alicyclic amines) is 1. The monoisotopic (exact) mass is 487 g/mol. The molecule has 0 aliphatic carbocycles. The van der Waals surface area contributed by atoms with E-state index in [2.05, 4.69) is 57.8 Å². The highest BCUT2D eigenvalue weighted by atomic mass is 127. The highest BCUT2D eigenvalue weighted by Gasteiger charge is 2.34. The SMILES string of the molecule is FC(F)(F)c1ccccc1OCCN1CCC(=Cc2ccc(I)cc2)CC1. The van der Waals surface area contributed by atoms with Crippen molar-refractivity contribution in [3.8, 4) is 5.75 Å². The lowest BCUT2D eigenvalue weighted by Crippen LogP contribution is -2.34. The van der Waals surface area contributed by atoms with Gasteiger partial charge in [-0.1, -0.05) is 35.9 Å². The third-order valence-corrected chi connectivity index (χ3v) is 5.32. The second kappa shape index (κ2) is 9.10. The minimum atomic E-state index is -4.39. The van der Waals surface area contributed by atoms with Crippen molar-refractivity contribution in [2.75, 3.05) is 26.2 Å². The van der Waals surface area contributed by atoms with E-state index in [-0.39, 0.29) is 12.4 Å². The number of benzene rings is 2. The molecule has 0 aromatic heterocycles. The number of ether oxygens (including phenoxy) is 1. The minimum absolute atomic E-state index is 0.0960. The second-order valence-electron chi connectivity index (χ2n) is 6.54. The van der Waals surface area contributed by atoms with Crippen LogP contribution in [0.25, 0.3) is 6.08 Å². The fourth-order valence-corrected chi connectivity index (χ4v) is 3.47. The van der Waals surface area contributed by atoms with E-state index < -0.39 is 11.7 Å². The van der Waals surface area contributed by atoms with Gasteiger partial charge in [-0.05, 0) is 65.3 Å². The molecule has 1 heterocycles. The maximum absolute atomic E-state index is 13.0. The van der Waals surface area contributed by atoms with Crippen molar-refractivity contribution in [2.45, 2.75) is 19.0 Å². The molecule has 2 aromatic carbocycles. The Labute approximate surface area is 171 Å². The molecule has 0 radical (unpaired) electrons. The summed E-state index contributed by atoms with van der Waals surface area (Å²) < 4.78 is 45.6. The summed E-state index contributed by atoms with van der Waals surface area (Å²) in [6, 6.07) is 13.8. The molecule has 144 valence electrons. The molecule has 0 bridgehead atoms. The van der Waals surface area contributed by atoms with E-state index in [1.807, 2.05) is 0 Å². The van der Waals surface area contributed by atoms with Gasteiger partial charge in [0.15, 0.2) is 0 Å². The zero-order valence-corrected chi connectivity index (χ0v) is 17.0. The van der Waals surface area contributed by atoms with Gasteiger partial charge in [0.2, 0.25) is 0 Å². The standard InChI is InChI=1S/C21H21F3INO/c22-21(23,24)19-3-1-2-4-20(19)27-14-13-26-11-9-17(10-12-26)15-16-5-7-18(25)8-6-16/h1-8,15H,9-14H2. The first-order valence-corrected chi connectivity index (χ1v) is 9.96. The van der Waals surface area contributed by atoms with Gasteiger partial charge in [-0.3, -0.25) is 4.90 Å². The number of alkyl halides is 3. The van der Waals surface area contributed by atoms with Crippen LogP contribution < -0.4 is 4.74 Å². The summed E-state index contributed by atoms with van der Waals surface area (Å²) in [7, 11) is 0. The first-order valence-electron chi connectivity index (χ1n) is 8.88. The van der Waals surface area contributed by atoms with E-state index >= 15 is 0 Å². The lowest BCUT2D eigenvalue weighted by molar-refractivity contribution is -0.139. The Bertz CT molecular complexity index is 777. The van der Waals surface area contributed by atoms with Crippen LogP contribution in [0, 0.1) is 3.57 Å². The van der Waals surface area contributed by atoms with Crippen molar-refractivity contribution < 1.29 is 17.9 Å². The molecule has 0 unspecified atom stereocenters. The van der Waals surface area contributed by atoms with Gasteiger partial charge in [-0.25, -0.2) is 0 Å². The Morgan fingerprint density at radius 1 is 1.00 bits per heavy atom. The van der Waals surface area contributed by atoms with Crippen molar-refractivity contribution in [3.63, 3.8) is 0 Å². The number of hydrogen-bond acceptors (Lipinski definition) is 2. The third kappa shape index (κ3) is 5.97. The molecule has 0 spiro atoms. The van der Waals surface area contributed by atoms with Crippen LogP contribution in [-0.4, -0.2) is 31.1 Å². The molecule has 3 rings (SSSR count). The van der Waals surface area contributed by atoms with Crippen molar-refractivity contribution in [2.24, 2.45) is 0 Å². The van der Waals surface area contributed by atoms with Crippen molar-refractivity contribution in [1.82, 2.24) is 4.90 Å². The van der Waals surface area contributed by atoms with Crippen LogP contribution in [0.15, 0.2) is 54.1 Å². The number of hydrogen-bond donors (Lipinski definition) is 0. The molecule has 1 fully saturated rings. The topological polar surface area (TPSA) is 12.5 Å². The summed E-state index contributed by atoms with van der Waals surface area (Å²) in [5.74, 6) is -0.0960. The average molecular weight is 487 g/mol. The average Bonchev–Trinajstić information content (AvgIpc) is 2.65. The fraction of sp³-hybridized carbons (Fsp3) is 0.333. The quantitative estimate of drug-likeness (QED) is 0.490. The fourth-order valence-electron chi connectivity index (χ4n) is 3.11. The van der Waals surface area contributed by atoms with Gasteiger partial charge >= 0.3 is 6.18 Å². The van der Waals surface area contributed by atoms with Gasteiger partial charge in [0, 0.05) is 23.2 Å². The predicted molar refractivity (Wildman–Crippen MR) is 110 cm³/mol. The normalized spacial score (nSPS) is 15.6. The lowest BCUT2D eigenvalue weighted by atomic mass is 10.0. The number of piperidine rings is 1. The zero-order valence-electron chi connectivity index (χ0n) is 14.8. The molecule has 27 heavy (non-hydrogen) atoms. The molecule has 2 nitrogen and oxygen atoms in total. The van der Waals surface area contributed by atoms with Gasteiger partial charge in [0.05, 0.1) is 5.56 Å².